The van der Waals surface area contributed by atoms with E-state index in [0.29, 0.717) is 6.54 Å². The molecule has 0 aromatic heterocycles. The number of nitrogens with one attached hydrogen (secondary N) is 1. The van der Waals surface area contributed by atoms with E-state index in [9.17, 15) is 4.79 Å². The second kappa shape index (κ2) is 5.99. The van der Waals surface area contributed by atoms with Gasteiger partial charge >= 0.3 is 0 Å². The Morgan fingerprint density at radius 3 is 2.76 bits per heavy atom. The summed E-state index contributed by atoms with van der Waals surface area (Å²) in [5, 5.41) is 11.6. The van der Waals surface area contributed by atoms with Crippen LogP contribution in [0.1, 0.15) is 19.3 Å². The quantitative estimate of drug-likeness (QED) is 0.674. The standard InChI is InChI=1S/C12H20N4O/c13-4-6-15-7-9-16(10-8-15)11-3-1-2-5-14-12(11)17/h11H,1-3,5-10H2,(H,14,17). The molecule has 1 amide bonds. The van der Waals surface area contributed by atoms with Crippen molar-refractivity contribution in [3.05, 3.63) is 0 Å². The summed E-state index contributed by atoms with van der Waals surface area (Å²) in [7, 11) is 0. The number of piperazine rings is 1. The number of nitriles is 1. The molecule has 1 atom stereocenters. The first kappa shape index (κ1) is 12.3. The molecular weight excluding hydrogens is 216 g/mol. The van der Waals surface area contributed by atoms with Crippen LogP contribution >= 0.6 is 0 Å². The number of carbonyl (C=O) groups excluding carboxylic acids is 1. The molecule has 0 aromatic carbocycles. The Morgan fingerprint density at radius 1 is 1.29 bits per heavy atom. The highest BCUT2D eigenvalue weighted by atomic mass is 16.2. The van der Waals surface area contributed by atoms with Crippen LogP contribution in [0.5, 0.6) is 0 Å². The lowest BCUT2D eigenvalue weighted by atomic mass is 10.1. The minimum atomic E-state index is 0.0572. The fraction of sp³-hybridized carbons (Fsp3) is 0.833. The second-order valence-corrected chi connectivity index (χ2v) is 4.77. The highest BCUT2D eigenvalue weighted by Crippen LogP contribution is 2.14. The second-order valence-electron chi connectivity index (χ2n) is 4.77. The van der Waals surface area contributed by atoms with Crippen molar-refractivity contribution >= 4 is 5.91 Å². The highest BCUT2D eigenvalue weighted by Gasteiger charge is 2.29. The van der Waals surface area contributed by atoms with Gasteiger partial charge in [-0.2, -0.15) is 5.26 Å². The molecule has 0 spiro atoms. The van der Waals surface area contributed by atoms with Gasteiger partial charge in [0.1, 0.15) is 0 Å². The van der Waals surface area contributed by atoms with E-state index in [1.54, 1.807) is 0 Å². The van der Waals surface area contributed by atoms with Crippen molar-refractivity contribution in [3.8, 4) is 6.07 Å². The topological polar surface area (TPSA) is 59.4 Å². The lowest BCUT2D eigenvalue weighted by molar-refractivity contribution is -0.126. The summed E-state index contributed by atoms with van der Waals surface area (Å²) in [6, 6.07) is 2.24. The van der Waals surface area contributed by atoms with Crippen molar-refractivity contribution < 1.29 is 4.79 Å². The Labute approximate surface area is 102 Å². The molecule has 1 N–H and O–H groups in total. The van der Waals surface area contributed by atoms with Crippen LogP contribution in [0.2, 0.25) is 0 Å². The first-order valence-electron chi connectivity index (χ1n) is 6.42. The summed E-state index contributed by atoms with van der Waals surface area (Å²) in [6.45, 7) is 4.93. The molecule has 1 unspecified atom stereocenters. The van der Waals surface area contributed by atoms with Crippen molar-refractivity contribution in [2.24, 2.45) is 0 Å². The Bertz CT molecular complexity index is 304. The monoisotopic (exact) mass is 236 g/mol. The zero-order chi connectivity index (χ0) is 12.1. The maximum atomic E-state index is 11.9. The van der Waals surface area contributed by atoms with Crippen molar-refractivity contribution in [1.29, 1.82) is 5.26 Å². The van der Waals surface area contributed by atoms with Gasteiger partial charge in [0.25, 0.3) is 0 Å². The number of amides is 1. The van der Waals surface area contributed by atoms with Gasteiger partial charge in [-0.1, -0.05) is 0 Å². The summed E-state index contributed by atoms with van der Waals surface area (Å²) >= 11 is 0. The molecule has 2 rings (SSSR count). The van der Waals surface area contributed by atoms with E-state index in [-0.39, 0.29) is 11.9 Å². The molecule has 0 aliphatic carbocycles. The van der Waals surface area contributed by atoms with Crippen molar-refractivity contribution in [2.45, 2.75) is 25.3 Å². The van der Waals surface area contributed by atoms with Crippen LogP contribution in [0, 0.1) is 11.3 Å². The molecule has 0 radical (unpaired) electrons. The largest absolute Gasteiger partial charge is 0.355 e. The lowest BCUT2D eigenvalue weighted by Gasteiger charge is -2.37. The third kappa shape index (κ3) is 3.18. The van der Waals surface area contributed by atoms with Gasteiger partial charge in [0.15, 0.2) is 0 Å². The summed E-state index contributed by atoms with van der Waals surface area (Å²) < 4.78 is 0. The van der Waals surface area contributed by atoms with E-state index in [4.69, 9.17) is 5.26 Å². The minimum Gasteiger partial charge on any atom is -0.355 e. The smallest absolute Gasteiger partial charge is 0.237 e. The third-order valence-electron chi connectivity index (χ3n) is 3.65. The molecule has 0 saturated carbocycles. The van der Waals surface area contributed by atoms with Gasteiger partial charge in [-0.3, -0.25) is 14.6 Å². The average Bonchev–Trinajstić information content (AvgIpc) is 2.56. The number of hydrogen-bond acceptors (Lipinski definition) is 4. The molecule has 2 fully saturated rings. The molecule has 5 nitrogen and oxygen atoms in total. The maximum absolute atomic E-state index is 11.9. The number of rotatable bonds is 2. The van der Waals surface area contributed by atoms with Crippen molar-refractivity contribution in [2.75, 3.05) is 39.3 Å². The van der Waals surface area contributed by atoms with E-state index in [1.807, 2.05) is 0 Å². The van der Waals surface area contributed by atoms with Gasteiger partial charge < -0.3 is 5.32 Å². The fourth-order valence-corrected chi connectivity index (χ4v) is 2.60. The fourth-order valence-electron chi connectivity index (χ4n) is 2.60. The molecular formula is C12H20N4O. The van der Waals surface area contributed by atoms with Gasteiger partial charge in [0, 0.05) is 32.7 Å². The van der Waals surface area contributed by atoms with Gasteiger partial charge in [-0.05, 0) is 19.3 Å². The van der Waals surface area contributed by atoms with Crippen LogP contribution in [0.15, 0.2) is 0 Å². The Balaban J connectivity index is 1.86. The molecule has 2 heterocycles. The number of carbonyl (C=O) groups is 1. The predicted octanol–water partition coefficient (Wildman–Crippen LogP) is -0.204. The zero-order valence-electron chi connectivity index (χ0n) is 10.2. The summed E-state index contributed by atoms with van der Waals surface area (Å²) in [5.41, 5.74) is 0. The number of nitrogens with zero attached hydrogens (tertiary/aromatic N) is 3. The molecule has 0 bridgehead atoms. The summed E-state index contributed by atoms with van der Waals surface area (Å²) in [6.07, 6.45) is 3.20. The molecule has 0 aromatic rings. The van der Waals surface area contributed by atoms with E-state index >= 15 is 0 Å². The van der Waals surface area contributed by atoms with Gasteiger partial charge in [-0.25, -0.2) is 0 Å². The van der Waals surface area contributed by atoms with Crippen molar-refractivity contribution in [1.82, 2.24) is 15.1 Å². The first-order chi connectivity index (χ1) is 8.31. The van der Waals surface area contributed by atoms with Crippen LogP contribution < -0.4 is 5.32 Å². The van der Waals surface area contributed by atoms with Crippen LogP contribution in [0.4, 0.5) is 0 Å². The van der Waals surface area contributed by atoms with Crippen LogP contribution in [0.25, 0.3) is 0 Å². The van der Waals surface area contributed by atoms with E-state index in [2.05, 4.69) is 21.2 Å². The molecule has 2 aliphatic heterocycles. The molecule has 17 heavy (non-hydrogen) atoms. The van der Waals surface area contributed by atoms with Crippen LogP contribution in [-0.4, -0.2) is 61.0 Å². The normalized spacial score (nSPS) is 28.2. The Hall–Kier alpha value is -1.12. The van der Waals surface area contributed by atoms with Crippen LogP contribution in [-0.2, 0) is 4.79 Å². The van der Waals surface area contributed by atoms with Gasteiger partial charge in [0.05, 0.1) is 18.7 Å². The van der Waals surface area contributed by atoms with E-state index in [1.165, 1.54) is 0 Å². The first-order valence-corrected chi connectivity index (χ1v) is 6.42. The Kier molecular flexibility index (Phi) is 4.35. The predicted molar refractivity (Wildman–Crippen MR) is 64.3 cm³/mol. The van der Waals surface area contributed by atoms with E-state index < -0.39 is 0 Å². The average molecular weight is 236 g/mol. The van der Waals surface area contributed by atoms with Crippen molar-refractivity contribution in [3.63, 3.8) is 0 Å². The van der Waals surface area contributed by atoms with Gasteiger partial charge in [0.2, 0.25) is 5.91 Å². The summed E-state index contributed by atoms with van der Waals surface area (Å²) in [5.74, 6) is 0.191. The Morgan fingerprint density at radius 2 is 2.06 bits per heavy atom. The third-order valence-corrected chi connectivity index (χ3v) is 3.65. The van der Waals surface area contributed by atoms with E-state index in [0.717, 1.165) is 52.0 Å². The lowest BCUT2D eigenvalue weighted by Crippen LogP contribution is -2.54. The summed E-state index contributed by atoms with van der Waals surface area (Å²) in [4.78, 5) is 16.3. The maximum Gasteiger partial charge on any atom is 0.237 e. The zero-order valence-corrected chi connectivity index (χ0v) is 10.2. The molecule has 94 valence electrons. The number of hydrogen-bond donors (Lipinski definition) is 1. The highest BCUT2D eigenvalue weighted by molar-refractivity contribution is 5.81. The van der Waals surface area contributed by atoms with Crippen LogP contribution in [0.3, 0.4) is 0 Å². The molecule has 5 heteroatoms. The molecule has 2 saturated heterocycles. The molecule has 2 aliphatic rings. The van der Waals surface area contributed by atoms with Gasteiger partial charge in [-0.15, -0.1) is 0 Å². The minimum absolute atomic E-state index is 0.0572. The SMILES string of the molecule is N#CCN1CCN(C2CCCCNC2=O)CC1.